The fraction of sp³-hybridized carbons (Fsp3) is 0.406. The predicted molar refractivity (Wildman–Crippen MR) is 162 cm³/mol. The second-order valence-electron chi connectivity index (χ2n) is 8.90. The highest BCUT2D eigenvalue weighted by Gasteiger charge is 2.12. The monoisotopic (exact) mass is 568 g/mol. The number of aromatic hydroxyl groups is 1. The van der Waals surface area contributed by atoms with Gasteiger partial charge in [-0.05, 0) is 69.6 Å². The minimum absolute atomic E-state index is 0.0701. The largest absolute Gasteiger partial charge is 0.507 e. The molecule has 0 fully saturated rings. The molecular formula is C32H44N2O7. The number of carbonyl (C=O) groups excluding carboxylic acids is 2. The van der Waals surface area contributed by atoms with Gasteiger partial charge in [-0.15, -0.1) is 0 Å². The summed E-state index contributed by atoms with van der Waals surface area (Å²) in [4.78, 5) is 34.6. The fourth-order valence-electron chi connectivity index (χ4n) is 3.32. The molecule has 1 aromatic carbocycles. The number of aromatic carboxylic acids is 1. The van der Waals surface area contributed by atoms with Gasteiger partial charge in [0.15, 0.2) is 0 Å². The number of nitrogens with one attached hydrogen (secondary N) is 2. The smallest absolute Gasteiger partial charge is 0.411 e. The first kappa shape index (κ1) is 34.9. The minimum atomic E-state index is -1.32. The number of rotatable bonds is 21. The lowest BCUT2D eigenvalue weighted by atomic mass is 10.2. The molecule has 1 rings (SSSR count). The lowest BCUT2D eigenvalue weighted by Gasteiger charge is -2.09. The zero-order valence-electron chi connectivity index (χ0n) is 23.9. The summed E-state index contributed by atoms with van der Waals surface area (Å²) in [5.41, 5.74) is -0.187. The Morgan fingerprint density at radius 3 is 2.05 bits per heavy atom. The summed E-state index contributed by atoms with van der Waals surface area (Å²) in [7, 11) is 0. The number of anilines is 1. The van der Waals surface area contributed by atoms with Crippen molar-refractivity contribution < 1.29 is 34.1 Å². The Kier molecular flexibility index (Phi) is 20.2. The second kappa shape index (κ2) is 23.7. The summed E-state index contributed by atoms with van der Waals surface area (Å²) in [5.74, 6) is -2.04. The Hall–Kier alpha value is -4.11. The van der Waals surface area contributed by atoms with Gasteiger partial charge in [0.05, 0.1) is 6.54 Å². The van der Waals surface area contributed by atoms with Crippen molar-refractivity contribution in [2.24, 2.45) is 0 Å². The lowest BCUT2D eigenvalue weighted by molar-refractivity contribution is -0.125. The summed E-state index contributed by atoms with van der Waals surface area (Å²) in [6.45, 7) is 2.59. The third kappa shape index (κ3) is 19.6. The van der Waals surface area contributed by atoms with Gasteiger partial charge in [-0.25, -0.2) is 9.59 Å². The normalized spacial score (nSPS) is 11.8. The second-order valence-corrected chi connectivity index (χ2v) is 8.90. The van der Waals surface area contributed by atoms with Crippen LogP contribution in [0.4, 0.5) is 10.5 Å². The Labute approximate surface area is 243 Å². The van der Waals surface area contributed by atoms with E-state index in [2.05, 4.69) is 78.3 Å². The van der Waals surface area contributed by atoms with Gasteiger partial charge in [0, 0.05) is 12.3 Å². The quantitative estimate of drug-likeness (QED) is 0.0737. The number of benzene rings is 1. The highest BCUT2D eigenvalue weighted by molar-refractivity contribution is 5.93. The standard InChI is InChI=1S/C32H44N2O7/c1-2-3-4-5-6-7-8-9-10-11-12-13-14-15-16-17-18-19-23-40-26-30(36)33-22-24-41-32(39)34-27-20-21-29(35)28(25-27)31(37)38/h3-4,6-7,9-10,12-13,15-16,20-21,25,35H,2,5,8,11,14,17-19,22-24,26H2,1H3,(H,33,36)(H,34,39)(H,37,38). The molecule has 0 radical (unpaired) electrons. The number of hydrogen-bond acceptors (Lipinski definition) is 6. The van der Waals surface area contributed by atoms with E-state index in [1.54, 1.807) is 0 Å². The topological polar surface area (TPSA) is 134 Å². The van der Waals surface area contributed by atoms with Crippen LogP contribution < -0.4 is 10.6 Å². The zero-order valence-corrected chi connectivity index (χ0v) is 23.9. The Morgan fingerprint density at radius 1 is 0.829 bits per heavy atom. The number of carbonyl (C=O) groups is 3. The molecule has 0 saturated heterocycles. The van der Waals surface area contributed by atoms with E-state index >= 15 is 0 Å². The van der Waals surface area contributed by atoms with Crippen LogP contribution in [0.1, 0.15) is 68.6 Å². The molecule has 2 amide bonds. The molecule has 0 heterocycles. The molecule has 0 aliphatic heterocycles. The van der Waals surface area contributed by atoms with Gasteiger partial charge >= 0.3 is 12.1 Å². The van der Waals surface area contributed by atoms with Crippen LogP contribution in [0, 0.1) is 0 Å². The Bertz CT molecular complexity index is 1060. The van der Waals surface area contributed by atoms with E-state index < -0.39 is 17.8 Å². The molecule has 0 aliphatic carbocycles. The van der Waals surface area contributed by atoms with E-state index in [4.69, 9.17) is 14.6 Å². The molecule has 0 atom stereocenters. The molecule has 0 aromatic heterocycles. The summed E-state index contributed by atoms with van der Waals surface area (Å²) < 4.78 is 10.3. The van der Waals surface area contributed by atoms with Crippen molar-refractivity contribution in [2.45, 2.75) is 58.3 Å². The summed E-state index contributed by atoms with van der Waals surface area (Å²) in [6.07, 6.45) is 28.7. The fourth-order valence-corrected chi connectivity index (χ4v) is 3.32. The number of carboxylic acid groups (broad SMARTS) is 1. The van der Waals surface area contributed by atoms with Crippen molar-refractivity contribution in [3.8, 4) is 5.75 Å². The molecule has 1 aromatic rings. The Balaban J connectivity index is 1.97. The maximum absolute atomic E-state index is 11.8. The van der Waals surface area contributed by atoms with Crippen molar-refractivity contribution >= 4 is 23.7 Å². The van der Waals surface area contributed by atoms with Crippen molar-refractivity contribution in [3.05, 3.63) is 84.5 Å². The third-order valence-corrected chi connectivity index (χ3v) is 5.43. The molecule has 0 aliphatic rings. The molecule has 41 heavy (non-hydrogen) atoms. The minimum Gasteiger partial charge on any atom is -0.507 e. The highest BCUT2D eigenvalue weighted by Crippen LogP contribution is 2.21. The highest BCUT2D eigenvalue weighted by atomic mass is 16.5. The Morgan fingerprint density at radius 2 is 1.44 bits per heavy atom. The number of allylic oxidation sites excluding steroid dienone is 10. The molecule has 0 bridgehead atoms. The molecular weight excluding hydrogens is 524 g/mol. The van der Waals surface area contributed by atoms with E-state index in [0.29, 0.717) is 6.61 Å². The number of carboxylic acids is 1. The molecule has 224 valence electrons. The summed E-state index contributed by atoms with van der Waals surface area (Å²) in [5, 5.41) is 23.4. The average Bonchev–Trinajstić information content (AvgIpc) is 2.95. The lowest BCUT2D eigenvalue weighted by Crippen LogP contribution is -2.31. The van der Waals surface area contributed by atoms with E-state index in [0.717, 1.165) is 63.5 Å². The molecule has 9 nitrogen and oxygen atoms in total. The van der Waals surface area contributed by atoms with E-state index in [9.17, 15) is 19.5 Å². The first-order valence-corrected chi connectivity index (χ1v) is 14.0. The van der Waals surface area contributed by atoms with Crippen molar-refractivity contribution in [1.82, 2.24) is 5.32 Å². The number of phenols is 1. The SMILES string of the molecule is CCC=CCC=CCC=CCC=CCC=CCCCCOCC(=O)NCCOC(=O)Nc1ccc(O)c(C(=O)O)c1. The first-order valence-electron chi connectivity index (χ1n) is 14.0. The van der Waals surface area contributed by atoms with Crippen LogP contribution in [0.5, 0.6) is 5.75 Å². The first-order chi connectivity index (χ1) is 19.9. The van der Waals surface area contributed by atoms with E-state index in [-0.39, 0.29) is 36.9 Å². The van der Waals surface area contributed by atoms with Crippen LogP contribution in [0.15, 0.2) is 79.0 Å². The van der Waals surface area contributed by atoms with Crippen LogP contribution in [-0.4, -0.2) is 54.5 Å². The zero-order chi connectivity index (χ0) is 30.0. The number of amides is 2. The van der Waals surface area contributed by atoms with Crippen molar-refractivity contribution in [2.75, 3.05) is 31.7 Å². The molecule has 0 spiro atoms. The van der Waals surface area contributed by atoms with Gasteiger partial charge < -0.3 is 25.0 Å². The van der Waals surface area contributed by atoms with Gasteiger partial charge in [-0.3, -0.25) is 10.1 Å². The maximum Gasteiger partial charge on any atom is 0.411 e. The average molecular weight is 569 g/mol. The van der Waals surface area contributed by atoms with Crippen LogP contribution in [-0.2, 0) is 14.3 Å². The summed E-state index contributed by atoms with van der Waals surface area (Å²) in [6, 6.07) is 3.61. The molecule has 0 saturated carbocycles. The summed E-state index contributed by atoms with van der Waals surface area (Å²) >= 11 is 0. The molecule has 0 unspecified atom stereocenters. The van der Waals surface area contributed by atoms with Gasteiger partial charge in [0.2, 0.25) is 5.91 Å². The van der Waals surface area contributed by atoms with Crippen LogP contribution in [0.2, 0.25) is 0 Å². The van der Waals surface area contributed by atoms with Crippen LogP contribution in [0.25, 0.3) is 0 Å². The molecule has 9 heteroatoms. The number of unbranched alkanes of at least 4 members (excludes halogenated alkanes) is 2. The third-order valence-electron chi connectivity index (χ3n) is 5.43. The van der Waals surface area contributed by atoms with Crippen molar-refractivity contribution in [3.63, 3.8) is 0 Å². The van der Waals surface area contributed by atoms with Gasteiger partial charge in [-0.2, -0.15) is 0 Å². The maximum atomic E-state index is 11.8. The van der Waals surface area contributed by atoms with Crippen LogP contribution in [0.3, 0.4) is 0 Å². The predicted octanol–water partition coefficient (Wildman–Crippen LogP) is 6.69. The van der Waals surface area contributed by atoms with E-state index in [1.807, 2.05) is 0 Å². The van der Waals surface area contributed by atoms with Gasteiger partial charge in [-0.1, -0.05) is 67.7 Å². The number of hydrogen-bond donors (Lipinski definition) is 4. The van der Waals surface area contributed by atoms with Gasteiger partial charge in [0.25, 0.3) is 0 Å². The van der Waals surface area contributed by atoms with Gasteiger partial charge in [0.1, 0.15) is 24.5 Å². The van der Waals surface area contributed by atoms with E-state index in [1.165, 1.54) is 6.07 Å². The van der Waals surface area contributed by atoms with Crippen LogP contribution >= 0.6 is 0 Å². The molecule has 4 N–H and O–H groups in total. The van der Waals surface area contributed by atoms with Crippen molar-refractivity contribution in [1.29, 1.82) is 0 Å². The number of ether oxygens (including phenoxy) is 2.